The number of amides is 1. The number of benzene rings is 1. The number of aromatic nitrogens is 4. The van der Waals surface area contributed by atoms with Gasteiger partial charge in [0.1, 0.15) is 11.4 Å². The standard InChI is InChI=1S/C21H23N5O3/c1-15-3-2-4-17(11-15)28-14-20(27)26-9-5-16(6-10-26)12-19-24-21(25-29-19)18-13-22-7-8-23-18/h2-4,7-8,11,13,16H,5-6,9-10,12,14H2,1H3. The van der Waals surface area contributed by atoms with Gasteiger partial charge in [0.05, 0.1) is 6.20 Å². The van der Waals surface area contributed by atoms with Crippen LogP contribution in [0.5, 0.6) is 5.75 Å². The van der Waals surface area contributed by atoms with Crippen LogP contribution in [-0.4, -0.2) is 50.6 Å². The molecule has 1 aliphatic heterocycles. The van der Waals surface area contributed by atoms with E-state index in [1.165, 1.54) is 0 Å². The maximum atomic E-state index is 12.4. The highest BCUT2D eigenvalue weighted by molar-refractivity contribution is 5.77. The zero-order valence-electron chi connectivity index (χ0n) is 16.3. The van der Waals surface area contributed by atoms with Crippen LogP contribution in [0.3, 0.4) is 0 Å². The molecule has 3 aromatic rings. The molecule has 1 fully saturated rings. The zero-order chi connectivity index (χ0) is 20.1. The summed E-state index contributed by atoms with van der Waals surface area (Å²) in [6.07, 6.45) is 7.32. The first-order chi connectivity index (χ1) is 14.2. The molecule has 8 nitrogen and oxygen atoms in total. The quantitative estimate of drug-likeness (QED) is 0.635. The Morgan fingerprint density at radius 2 is 2.14 bits per heavy atom. The second-order valence-electron chi connectivity index (χ2n) is 7.24. The Bertz CT molecular complexity index is 952. The van der Waals surface area contributed by atoms with Gasteiger partial charge in [0.2, 0.25) is 11.7 Å². The summed E-state index contributed by atoms with van der Waals surface area (Å²) in [5.74, 6) is 2.20. The molecule has 0 spiro atoms. The Kier molecular flexibility index (Phi) is 5.79. The van der Waals surface area contributed by atoms with Gasteiger partial charge in [-0.3, -0.25) is 9.78 Å². The van der Waals surface area contributed by atoms with E-state index in [0.29, 0.717) is 42.8 Å². The number of hydrogen-bond acceptors (Lipinski definition) is 7. The van der Waals surface area contributed by atoms with E-state index in [0.717, 1.165) is 24.2 Å². The van der Waals surface area contributed by atoms with Crippen LogP contribution >= 0.6 is 0 Å². The van der Waals surface area contributed by atoms with E-state index in [1.807, 2.05) is 36.1 Å². The number of likely N-dealkylation sites (tertiary alicyclic amines) is 1. The number of piperidine rings is 1. The highest BCUT2D eigenvalue weighted by atomic mass is 16.5. The number of aryl methyl sites for hydroxylation is 1. The van der Waals surface area contributed by atoms with Gasteiger partial charge in [-0.1, -0.05) is 17.3 Å². The Hall–Kier alpha value is -3.29. The van der Waals surface area contributed by atoms with Crippen molar-refractivity contribution in [1.82, 2.24) is 25.0 Å². The first kappa shape index (κ1) is 19.0. The third kappa shape index (κ3) is 4.96. The third-order valence-corrected chi connectivity index (χ3v) is 5.04. The second-order valence-corrected chi connectivity index (χ2v) is 7.24. The summed E-state index contributed by atoms with van der Waals surface area (Å²) in [6, 6.07) is 7.72. The summed E-state index contributed by atoms with van der Waals surface area (Å²) in [4.78, 5) is 26.9. The normalized spacial score (nSPS) is 14.7. The summed E-state index contributed by atoms with van der Waals surface area (Å²) < 4.78 is 11.0. The van der Waals surface area contributed by atoms with Gasteiger partial charge >= 0.3 is 0 Å². The smallest absolute Gasteiger partial charge is 0.260 e. The lowest BCUT2D eigenvalue weighted by Crippen LogP contribution is -2.41. The van der Waals surface area contributed by atoms with E-state index in [9.17, 15) is 4.79 Å². The van der Waals surface area contributed by atoms with Crippen molar-refractivity contribution < 1.29 is 14.1 Å². The summed E-state index contributed by atoms with van der Waals surface area (Å²) in [5.41, 5.74) is 1.70. The van der Waals surface area contributed by atoms with Crippen LogP contribution in [0.4, 0.5) is 0 Å². The number of carbonyl (C=O) groups is 1. The van der Waals surface area contributed by atoms with Gasteiger partial charge in [0.15, 0.2) is 6.61 Å². The molecular weight excluding hydrogens is 370 g/mol. The summed E-state index contributed by atoms with van der Waals surface area (Å²) in [5, 5.41) is 3.98. The lowest BCUT2D eigenvalue weighted by Gasteiger charge is -2.31. The zero-order valence-corrected chi connectivity index (χ0v) is 16.3. The molecule has 29 heavy (non-hydrogen) atoms. The Labute approximate surface area is 168 Å². The predicted molar refractivity (Wildman–Crippen MR) is 105 cm³/mol. The molecule has 0 unspecified atom stereocenters. The highest BCUT2D eigenvalue weighted by Crippen LogP contribution is 2.22. The van der Waals surface area contributed by atoms with Crippen molar-refractivity contribution in [3.8, 4) is 17.3 Å². The summed E-state index contributed by atoms with van der Waals surface area (Å²) in [7, 11) is 0. The molecular formula is C21H23N5O3. The first-order valence-corrected chi connectivity index (χ1v) is 9.73. The van der Waals surface area contributed by atoms with Crippen molar-refractivity contribution in [1.29, 1.82) is 0 Å². The molecule has 4 rings (SSSR count). The van der Waals surface area contributed by atoms with Crippen molar-refractivity contribution >= 4 is 5.91 Å². The van der Waals surface area contributed by atoms with E-state index in [2.05, 4.69) is 20.1 Å². The molecule has 150 valence electrons. The predicted octanol–water partition coefficient (Wildman–Crippen LogP) is 2.70. The minimum atomic E-state index is 0.0210. The largest absolute Gasteiger partial charge is 0.484 e. The number of hydrogen-bond donors (Lipinski definition) is 0. The fraction of sp³-hybridized carbons (Fsp3) is 0.381. The van der Waals surface area contributed by atoms with E-state index < -0.39 is 0 Å². The van der Waals surface area contributed by atoms with Gasteiger partial charge in [0, 0.05) is 31.9 Å². The molecule has 1 aliphatic rings. The van der Waals surface area contributed by atoms with Gasteiger partial charge < -0.3 is 14.2 Å². The lowest BCUT2D eigenvalue weighted by atomic mass is 9.93. The molecule has 2 aromatic heterocycles. The molecule has 1 aromatic carbocycles. The van der Waals surface area contributed by atoms with E-state index in [4.69, 9.17) is 9.26 Å². The van der Waals surface area contributed by atoms with E-state index >= 15 is 0 Å². The van der Waals surface area contributed by atoms with Crippen LogP contribution in [0.2, 0.25) is 0 Å². The van der Waals surface area contributed by atoms with Crippen molar-refractivity contribution in [2.24, 2.45) is 5.92 Å². The average Bonchev–Trinajstić information content (AvgIpc) is 3.22. The molecule has 0 bridgehead atoms. The number of ether oxygens (including phenoxy) is 1. The number of nitrogens with zero attached hydrogens (tertiary/aromatic N) is 5. The maximum absolute atomic E-state index is 12.4. The Morgan fingerprint density at radius 3 is 2.90 bits per heavy atom. The van der Waals surface area contributed by atoms with Crippen LogP contribution in [0.1, 0.15) is 24.3 Å². The van der Waals surface area contributed by atoms with Gasteiger partial charge in [0.25, 0.3) is 5.91 Å². The molecule has 8 heteroatoms. The minimum absolute atomic E-state index is 0.0210. The van der Waals surface area contributed by atoms with Gasteiger partial charge in [-0.15, -0.1) is 0 Å². The average molecular weight is 393 g/mol. The van der Waals surface area contributed by atoms with Crippen molar-refractivity contribution in [2.75, 3.05) is 19.7 Å². The number of rotatable bonds is 6. The van der Waals surface area contributed by atoms with Gasteiger partial charge in [-0.25, -0.2) is 4.98 Å². The van der Waals surface area contributed by atoms with E-state index in [1.54, 1.807) is 18.6 Å². The van der Waals surface area contributed by atoms with Crippen molar-refractivity contribution in [2.45, 2.75) is 26.2 Å². The van der Waals surface area contributed by atoms with E-state index in [-0.39, 0.29) is 12.5 Å². The maximum Gasteiger partial charge on any atom is 0.260 e. The summed E-state index contributed by atoms with van der Waals surface area (Å²) in [6.45, 7) is 3.50. The molecule has 0 radical (unpaired) electrons. The molecule has 3 heterocycles. The van der Waals surface area contributed by atoms with Gasteiger partial charge in [-0.2, -0.15) is 4.98 Å². The molecule has 1 amide bonds. The molecule has 0 saturated carbocycles. The Morgan fingerprint density at radius 1 is 1.28 bits per heavy atom. The number of carbonyl (C=O) groups excluding carboxylic acids is 1. The van der Waals surface area contributed by atoms with Crippen molar-refractivity contribution in [3.63, 3.8) is 0 Å². The van der Waals surface area contributed by atoms with Crippen LogP contribution in [0.25, 0.3) is 11.5 Å². The topological polar surface area (TPSA) is 94.2 Å². The second kappa shape index (κ2) is 8.81. The van der Waals surface area contributed by atoms with Crippen LogP contribution < -0.4 is 4.74 Å². The summed E-state index contributed by atoms with van der Waals surface area (Å²) >= 11 is 0. The van der Waals surface area contributed by atoms with Crippen LogP contribution in [0.15, 0.2) is 47.4 Å². The SMILES string of the molecule is Cc1cccc(OCC(=O)N2CCC(Cc3nc(-c4cnccn4)no3)CC2)c1. The minimum Gasteiger partial charge on any atom is -0.484 e. The van der Waals surface area contributed by atoms with Gasteiger partial charge in [-0.05, 0) is 43.4 Å². The van der Waals surface area contributed by atoms with Crippen LogP contribution in [0, 0.1) is 12.8 Å². The molecule has 0 N–H and O–H groups in total. The van der Waals surface area contributed by atoms with Crippen molar-refractivity contribution in [3.05, 3.63) is 54.3 Å². The third-order valence-electron chi connectivity index (χ3n) is 5.04. The lowest BCUT2D eigenvalue weighted by molar-refractivity contribution is -0.134. The fourth-order valence-electron chi connectivity index (χ4n) is 3.43. The first-order valence-electron chi connectivity index (χ1n) is 9.73. The molecule has 1 saturated heterocycles. The Balaban J connectivity index is 1.24. The van der Waals surface area contributed by atoms with Crippen LogP contribution in [-0.2, 0) is 11.2 Å². The fourth-order valence-corrected chi connectivity index (χ4v) is 3.43. The monoisotopic (exact) mass is 393 g/mol. The highest BCUT2D eigenvalue weighted by Gasteiger charge is 2.25. The molecule has 0 aliphatic carbocycles. The molecule has 0 atom stereocenters.